The van der Waals surface area contributed by atoms with E-state index >= 15 is 0 Å². The second-order valence-electron chi connectivity index (χ2n) is 5.93. The average Bonchev–Trinajstić information content (AvgIpc) is 3.41. The lowest BCUT2D eigenvalue weighted by Crippen LogP contribution is -2.31. The summed E-state index contributed by atoms with van der Waals surface area (Å²) in [5.74, 6) is -0.549. The van der Waals surface area contributed by atoms with E-state index in [9.17, 15) is 14.9 Å². The van der Waals surface area contributed by atoms with Crippen molar-refractivity contribution in [3.8, 4) is 6.07 Å². The Labute approximate surface area is 159 Å². The van der Waals surface area contributed by atoms with Gasteiger partial charge >= 0.3 is 0 Å². The first kappa shape index (κ1) is 16.9. The third-order valence-corrected chi connectivity index (χ3v) is 5.15. The SMILES string of the molecule is N#C/C(=C\c1ccoc1)c1nc(CCN2C(=O)c3ccccc3C2=O)cs1. The zero-order valence-corrected chi connectivity index (χ0v) is 14.9. The van der Waals surface area contributed by atoms with Crippen LogP contribution in [-0.4, -0.2) is 28.2 Å². The van der Waals surface area contributed by atoms with Crippen LogP contribution in [0.25, 0.3) is 11.6 Å². The Bertz CT molecular complexity index is 1050. The fraction of sp³-hybridized carbons (Fsp3) is 0.100. The van der Waals surface area contributed by atoms with E-state index in [2.05, 4.69) is 11.1 Å². The highest BCUT2D eigenvalue weighted by atomic mass is 32.1. The minimum Gasteiger partial charge on any atom is -0.472 e. The van der Waals surface area contributed by atoms with Crippen LogP contribution in [0.5, 0.6) is 0 Å². The largest absolute Gasteiger partial charge is 0.472 e. The molecule has 132 valence electrons. The number of amides is 2. The van der Waals surface area contributed by atoms with Crippen LogP contribution in [0.4, 0.5) is 0 Å². The molecule has 0 spiro atoms. The number of rotatable bonds is 5. The zero-order valence-electron chi connectivity index (χ0n) is 14.1. The molecular weight excluding hydrogens is 362 g/mol. The van der Waals surface area contributed by atoms with Crippen LogP contribution >= 0.6 is 11.3 Å². The predicted molar refractivity (Wildman–Crippen MR) is 99.8 cm³/mol. The van der Waals surface area contributed by atoms with Crippen molar-refractivity contribution in [3.63, 3.8) is 0 Å². The molecule has 1 aromatic carbocycles. The van der Waals surface area contributed by atoms with Crippen LogP contribution < -0.4 is 0 Å². The number of hydrogen-bond acceptors (Lipinski definition) is 6. The normalized spacial score (nSPS) is 13.7. The van der Waals surface area contributed by atoms with Crippen LogP contribution in [0.2, 0.25) is 0 Å². The Morgan fingerprint density at radius 3 is 2.59 bits per heavy atom. The van der Waals surface area contributed by atoms with Crippen molar-refractivity contribution in [2.45, 2.75) is 6.42 Å². The Kier molecular flexibility index (Phi) is 4.40. The van der Waals surface area contributed by atoms with Crippen molar-refractivity contribution in [2.24, 2.45) is 0 Å². The van der Waals surface area contributed by atoms with Gasteiger partial charge < -0.3 is 4.42 Å². The van der Waals surface area contributed by atoms with Crippen LogP contribution in [0.15, 0.2) is 52.7 Å². The molecule has 0 N–H and O–H groups in total. The summed E-state index contributed by atoms with van der Waals surface area (Å²) in [6.45, 7) is 0.253. The van der Waals surface area contributed by atoms with E-state index < -0.39 is 0 Å². The van der Waals surface area contributed by atoms with Crippen molar-refractivity contribution < 1.29 is 14.0 Å². The smallest absolute Gasteiger partial charge is 0.261 e. The van der Waals surface area contributed by atoms with Crippen molar-refractivity contribution in [1.29, 1.82) is 5.26 Å². The minimum absolute atomic E-state index is 0.253. The molecule has 0 fully saturated rings. The molecule has 4 rings (SSSR count). The molecule has 1 aliphatic rings. The number of carbonyl (C=O) groups is 2. The average molecular weight is 375 g/mol. The van der Waals surface area contributed by atoms with E-state index in [4.69, 9.17) is 4.42 Å². The zero-order chi connectivity index (χ0) is 18.8. The van der Waals surface area contributed by atoms with E-state index in [1.54, 1.807) is 42.7 Å². The van der Waals surface area contributed by atoms with Gasteiger partial charge in [0.1, 0.15) is 11.1 Å². The van der Waals surface area contributed by atoms with Crippen LogP contribution in [-0.2, 0) is 6.42 Å². The molecule has 1 aliphatic heterocycles. The fourth-order valence-electron chi connectivity index (χ4n) is 2.88. The first-order chi connectivity index (χ1) is 13.2. The number of hydrogen-bond donors (Lipinski definition) is 0. The van der Waals surface area contributed by atoms with E-state index in [1.165, 1.54) is 22.5 Å². The third kappa shape index (κ3) is 3.18. The first-order valence-electron chi connectivity index (χ1n) is 8.21. The summed E-state index contributed by atoms with van der Waals surface area (Å²) in [6, 6.07) is 10.7. The molecule has 3 aromatic rings. The van der Waals surface area contributed by atoms with Gasteiger partial charge in [-0.3, -0.25) is 14.5 Å². The van der Waals surface area contributed by atoms with Gasteiger partial charge in [0.25, 0.3) is 11.8 Å². The van der Waals surface area contributed by atoms with Crippen molar-refractivity contribution in [3.05, 3.63) is 75.6 Å². The molecule has 27 heavy (non-hydrogen) atoms. The Morgan fingerprint density at radius 1 is 1.22 bits per heavy atom. The molecule has 0 bridgehead atoms. The summed E-state index contributed by atoms with van der Waals surface area (Å²) in [4.78, 5) is 30.5. The van der Waals surface area contributed by atoms with Crippen LogP contribution in [0.3, 0.4) is 0 Å². The number of carbonyl (C=O) groups excluding carboxylic acids is 2. The monoisotopic (exact) mass is 375 g/mol. The molecule has 3 heterocycles. The summed E-state index contributed by atoms with van der Waals surface area (Å²) in [5, 5.41) is 11.8. The highest BCUT2D eigenvalue weighted by molar-refractivity contribution is 7.11. The third-order valence-electron chi connectivity index (χ3n) is 4.23. The number of nitrogens with zero attached hydrogens (tertiary/aromatic N) is 3. The first-order valence-corrected chi connectivity index (χ1v) is 9.09. The van der Waals surface area contributed by atoms with Gasteiger partial charge in [-0.1, -0.05) is 12.1 Å². The van der Waals surface area contributed by atoms with Crippen LogP contribution in [0, 0.1) is 11.3 Å². The van der Waals surface area contributed by atoms with E-state index in [-0.39, 0.29) is 18.4 Å². The van der Waals surface area contributed by atoms with Crippen molar-refractivity contribution in [2.75, 3.05) is 6.54 Å². The quantitative estimate of drug-likeness (QED) is 0.502. The van der Waals surface area contributed by atoms with E-state index in [0.717, 1.165) is 11.3 Å². The van der Waals surface area contributed by atoms with Gasteiger partial charge in [0.05, 0.1) is 34.9 Å². The summed E-state index contributed by atoms with van der Waals surface area (Å²) in [6.07, 6.45) is 5.23. The molecule has 7 heteroatoms. The molecule has 0 aliphatic carbocycles. The van der Waals surface area contributed by atoms with Gasteiger partial charge in [0.15, 0.2) is 0 Å². The van der Waals surface area contributed by atoms with Gasteiger partial charge in [0.2, 0.25) is 0 Å². The molecule has 0 atom stereocenters. The topological polar surface area (TPSA) is 87.2 Å². The lowest BCUT2D eigenvalue weighted by molar-refractivity contribution is 0.0656. The highest BCUT2D eigenvalue weighted by Crippen LogP contribution is 2.24. The lowest BCUT2D eigenvalue weighted by Gasteiger charge is -2.12. The number of nitriles is 1. The van der Waals surface area contributed by atoms with E-state index in [1.807, 2.05) is 5.38 Å². The summed E-state index contributed by atoms with van der Waals surface area (Å²) >= 11 is 1.35. The predicted octanol–water partition coefficient (Wildman–Crippen LogP) is 3.64. The number of fused-ring (bicyclic) bond motifs is 1. The van der Waals surface area contributed by atoms with Gasteiger partial charge in [-0.05, 0) is 24.3 Å². The molecular formula is C20H13N3O3S. The number of furan rings is 1. The van der Waals surface area contributed by atoms with Gasteiger partial charge in [-0.25, -0.2) is 4.98 Å². The molecule has 2 aromatic heterocycles. The van der Waals surface area contributed by atoms with Crippen molar-refractivity contribution >= 4 is 34.8 Å². The number of imide groups is 1. The maximum atomic E-state index is 12.4. The maximum absolute atomic E-state index is 12.4. The standard InChI is InChI=1S/C20H13N3O3S/c21-10-14(9-13-6-8-26-11-13)18-22-15(12-27-18)5-7-23-19(24)16-3-1-2-4-17(16)20(23)25/h1-4,6,8-9,11-12H,5,7H2/b14-9+. The Morgan fingerprint density at radius 2 is 1.96 bits per heavy atom. The number of thiazole rings is 1. The van der Waals surface area contributed by atoms with Gasteiger partial charge in [-0.2, -0.15) is 5.26 Å². The lowest BCUT2D eigenvalue weighted by atomic mass is 10.1. The highest BCUT2D eigenvalue weighted by Gasteiger charge is 2.34. The summed E-state index contributed by atoms with van der Waals surface area (Å²) < 4.78 is 5.00. The molecule has 6 nitrogen and oxygen atoms in total. The summed E-state index contributed by atoms with van der Waals surface area (Å²) in [5.41, 5.74) is 2.84. The molecule has 0 saturated heterocycles. The van der Waals surface area contributed by atoms with E-state index in [0.29, 0.717) is 28.1 Å². The Balaban J connectivity index is 1.47. The van der Waals surface area contributed by atoms with Crippen molar-refractivity contribution in [1.82, 2.24) is 9.88 Å². The Hall–Kier alpha value is -3.50. The van der Waals surface area contributed by atoms with Gasteiger partial charge in [0, 0.05) is 23.9 Å². The van der Waals surface area contributed by atoms with Gasteiger partial charge in [-0.15, -0.1) is 11.3 Å². The second-order valence-corrected chi connectivity index (χ2v) is 6.79. The number of aromatic nitrogens is 1. The molecule has 0 radical (unpaired) electrons. The minimum atomic E-state index is -0.274. The molecule has 2 amide bonds. The molecule has 0 saturated carbocycles. The number of benzene rings is 1. The maximum Gasteiger partial charge on any atom is 0.261 e. The second kappa shape index (κ2) is 7.02. The molecule has 0 unspecified atom stereocenters. The summed E-state index contributed by atoms with van der Waals surface area (Å²) in [7, 11) is 0. The number of allylic oxidation sites excluding steroid dienone is 1. The van der Waals surface area contributed by atoms with Crippen LogP contribution in [0.1, 0.15) is 37.0 Å². The fourth-order valence-corrected chi connectivity index (χ4v) is 3.70.